The molecule has 0 unspecified atom stereocenters. The molecular formula is C37H37Br2NO5S. The number of allylic oxidation sites excluding steroid dienone is 4. The fourth-order valence-corrected chi connectivity index (χ4v) is 9.58. The number of rotatable bonds is 7. The summed E-state index contributed by atoms with van der Waals surface area (Å²) in [7, 11) is -4.24. The van der Waals surface area contributed by atoms with Gasteiger partial charge in [-0.25, -0.2) is 0 Å². The second-order valence-electron chi connectivity index (χ2n) is 14.1. The summed E-state index contributed by atoms with van der Waals surface area (Å²) in [6.07, 6.45) is 2.70. The molecule has 46 heavy (non-hydrogen) atoms. The minimum atomic E-state index is -4.24. The fourth-order valence-electron chi connectivity index (χ4n) is 7.14. The second kappa shape index (κ2) is 12.2. The van der Waals surface area contributed by atoms with Crippen molar-refractivity contribution in [1.82, 2.24) is 4.90 Å². The highest BCUT2D eigenvalue weighted by Crippen LogP contribution is 2.56. The number of Topliss-reactive ketones (excluding diaryl/α,β-unsaturated/α-hetero) is 2. The lowest BCUT2D eigenvalue weighted by Gasteiger charge is -2.49. The number of benzene rings is 3. The van der Waals surface area contributed by atoms with Crippen molar-refractivity contribution in [2.75, 3.05) is 6.54 Å². The molecule has 0 N–H and O–H groups in total. The van der Waals surface area contributed by atoms with E-state index in [-0.39, 0.29) is 33.0 Å². The molecule has 1 heterocycles. The van der Waals surface area contributed by atoms with Crippen LogP contribution in [-0.2, 0) is 26.1 Å². The van der Waals surface area contributed by atoms with Gasteiger partial charge in [-0.3, -0.25) is 9.59 Å². The zero-order chi connectivity index (χ0) is 33.0. The molecule has 0 saturated heterocycles. The lowest BCUT2D eigenvalue weighted by molar-refractivity contribution is -0.119. The molecule has 0 amide bonds. The molecule has 1 aliphatic heterocycles. The largest absolute Gasteiger partial charge is 0.377 e. The molecule has 3 aliphatic rings. The van der Waals surface area contributed by atoms with Crippen molar-refractivity contribution in [3.05, 3.63) is 115 Å². The van der Waals surface area contributed by atoms with Gasteiger partial charge in [0.2, 0.25) is 0 Å². The number of hydrogen-bond acceptors (Lipinski definition) is 6. The molecule has 0 radical (unpaired) electrons. The van der Waals surface area contributed by atoms with Crippen LogP contribution in [0, 0.1) is 10.8 Å². The molecule has 0 aromatic heterocycles. The summed E-state index contributed by atoms with van der Waals surface area (Å²) < 4.78 is 34.2. The highest BCUT2D eigenvalue weighted by atomic mass is 79.9. The predicted octanol–water partition coefficient (Wildman–Crippen LogP) is 8.91. The first-order chi connectivity index (χ1) is 21.7. The van der Waals surface area contributed by atoms with E-state index in [1.807, 2.05) is 18.2 Å². The van der Waals surface area contributed by atoms with Crippen LogP contribution in [0.25, 0.3) is 0 Å². The van der Waals surface area contributed by atoms with Gasteiger partial charge in [0, 0.05) is 57.9 Å². The van der Waals surface area contributed by atoms with E-state index in [1.54, 1.807) is 30.3 Å². The molecule has 0 bridgehead atoms. The van der Waals surface area contributed by atoms with Crippen LogP contribution < -0.4 is 4.18 Å². The Kier molecular flexibility index (Phi) is 8.74. The standard InChI is InChI=1S/C37H37Br2NO5S/c1-36(2)19-28-33(30(41)21-36)32(26-17-24(38)18-27(39)35(26)45-46(43,44)25-13-9-6-10-14-25)34-29(20-37(3,4)22-31(34)42)40(28)16-15-23-11-7-5-8-12-23/h5-14,17-18,32H,15-16,19-22H2,1-4H3. The smallest absolute Gasteiger partial charge is 0.339 e. The first-order valence-electron chi connectivity index (χ1n) is 15.5. The number of ketones is 2. The monoisotopic (exact) mass is 765 g/mol. The van der Waals surface area contributed by atoms with E-state index < -0.39 is 16.0 Å². The van der Waals surface area contributed by atoms with Gasteiger partial charge in [-0.2, -0.15) is 8.42 Å². The van der Waals surface area contributed by atoms with Crippen LogP contribution in [0.5, 0.6) is 5.75 Å². The lowest BCUT2D eigenvalue weighted by atomic mass is 9.63. The maximum Gasteiger partial charge on any atom is 0.339 e. The number of halogens is 2. The van der Waals surface area contributed by atoms with Crippen LogP contribution in [-0.4, -0.2) is 31.4 Å². The van der Waals surface area contributed by atoms with E-state index in [2.05, 4.69) is 76.6 Å². The Labute approximate surface area is 288 Å². The normalized spacial score (nSPS) is 19.7. The third-order valence-corrected chi connectivity index (χ3v) is 11.3. The average molecular weight is 768 g/mol. The Morgan fingerprint density at radius 3 is 1.85 bits per heavy atom. The van der Waals surface area contributed by atoms with Gasteiger partial charge in [0.05, 0.1) is 4.47 Å². The minimum Gasteiger partial charge on any atom is -0.377 e. The van der Waals surface area contributed by atoms with Gasteiger partial charge in [0.1, 0.15) is 4.90 Å². The second-order valence-corrected chi connectivity index (χ2v) is 17.4. The van der Waals surface area contributed by atoms with Crippen LogP contribution in [0.1, 0.15) is 70.4 Å². The van der Waals surface area contributed by atoms with Crippen molar-refractivity contribution in [1.29, 1.82) is 0 Å². The van der Waals surface area contributed by atoms with Crippen molar-refractivity contribution in [2.45, 2.75) is 70.6 Å². The van der Waals surface area contributed by atoms with Crippen molar-refractivity contribution >= 4 is 53.5 Å². The van der Waals surface area contributed by atoms with Crippen LogP contribution >= 0.6 is 31.9 Å². The Balaban J connectivity index is 1.58. The van der Waals surface area contributed by atoms with Crippen molar-refractivity contribution in [3.63, 3.8) is 0 Å². The van der Waals surface area contributed by atoms with E-state index in [0.29, 0.717) is 57.9 Å². The summed E-state index contributed by atoms with van der Waals surface area (Å²) in [5, 5.41) is 0. The van der Waals surface area contributed by atoms with Gasteiger partial charge in [-0.05, 0) is 75.9 Å². The minimum absolute atomic E-state index is 0.0114. The Morgan fingerprint density at radius 2 is 1.30 bits per heavy atom. The number of carbonyl (C=O) groups is 2. The summed E-state index contributed by atoms with van der Waals surface area (Å²) >= 11 is 7.16. The molecule has 240 valence electrons. The molecule has 0 atom stereocenters. The Hall–Kier alpha value is -3.01. The zero-order valence-corrected chi connectivity index (χ0v) is 30.4. The number of nitrogens with zero attached hydrogens (tertiary/aromatic N) is 1. The maximum absolute atomic E-state index is 14.3. The Morgan fingerprint density at radius 1 is 0.783 bits per heavy atom. The lowest BCUT2D eigenvalue weighted by Crippen LogP contribution is -2.45. The fraction of sp³-hybridized carbons (Fsp3) is 0.351. The molecule has 6 rings (SSSR count). The summed E-state index contributed by atoms with van der Waals surface area (Å²) in [6, 6.07) is 21.7. The van der Waals surface area contributed by atoms with Gasteiger partial charge in [0.25, 0.3) is 0 Å². The molecule has 2 aliphatic carbocycles. The van der Waals surface area contributed by atoms with Crippen LogP contribution in [0.15, 0.2) is 109 Å². The maximum atomic E-state index is 14.3. The highest BCUT2D eigenvalue weighted by Gasteiger charge is 2.50. The third kappa shape index (κ3) is 6.43. The first-order valence-corrected chi connectivity index (χ1v) is 18.5. The van der Waals surface area contributed by atoms with E-state index in [0.717, 1.165) is 17.8 Å². The SMILES string of the molecule is CC1(C)CC(=O)C2=C(C1)N(CCc1ccccc1)C1=C(C(=O)CC(C)(C)C1)C2c1cc(Br)cc(Br)c1OS(=O)(=O)c1ccccc1. The summed E-state index contributed by atoms with van der Waals surface area (Å²) in [6.45, 7) is 9.05. The quantitative estimate of drug-likeness (QED) is 0.224. The molecule has 0 fully saturated rings. The van der Waals surface area contributed by atoms with Gasteiger partial charge >= 0.3 is 10.1 Å². The Bertz CT molecular complexity index is 1840. The molecule has 0 spiro atoms. The van der Waals surface area contributed by atoms with Gasteiger partial charge in [0.15, 0.2) is 17.3 Å². The number of hydrogen-bond donors (Lipinski definition) is 0. The third-order valence-electron chi connectivity index (χ3n) is 9.06. The van der Waals surface area contributed by atoms with Crippen LogP contribution in [0.2, 0.25) is 0 Å². The van der Waals surface area contributed by atoms with Gasteiger partial charge in [-0.1, -0.05) is 92.2 Å². The summed E-state index contributed by atoms with van der Waals surface area (Å²) in [5.41, 5.74) is 4.02. The van der Waals surface area contributed by atoms with Crippen molar-refractivity contribution < 1.29 is 22.2 Å². The van der Waals surface area contributed by atoms with Crippen LogP contribution in [0.4, 0.5) is 0 Å². The molecule has 9 heteroatoms. The number of carbonyl (C=O) groups excluding carboxylic acids is 2. The average Bonchev–Trinajstić information content (AvgIpc) is 2.97. The molecule has 6 nitrogen and oxygen atoms in total. The summed E-state index contributed by atoms with van der Waals surface area (Å²) in [4.78, 5) is 30.9. The molecule has 3 aromatic carbocycles. The van der Waals surface area contributed by atoms with Crippen molar-refractivity contribution in [3.8, 4) is 5.75 Å². The van der Waals surface area contributed by atoms with E-state index in [1.165, 1.54) is 17.7 Å². The highest BCUT2D eigenvalue weighted by molar-refractivity contribution is 9.11. The molecule has 3 aromatic rings. The van der Waals surface area contributed by atoms with Crippen LogP contribution in [0.3, 0.4) is 0 Å². The van der Waals surface area contributed by atoms with E-state index >= 15 is 0 Å². The topological polar surface area (TPSA) is 80.8 Å². The predicted molar refractivity (Wildman–Crippen MR) is 186 cm³/mol. The van der Waals surface area contributed by atoms with Gasteiger partial charge < -0.3 is 9.08 Å². The molecular weight excluding hydrogens is 730 g/mol. The summed E-state index contributed by atoms with van der Waals surface area (Å²) in [5.74, 6) is -0.764. The van der Waals surface area contributed by atoms with E-state index in [4.69, 9.17) is 4.18 Å². The first kappa shape index (κ1) is 32.9. The van der Waals surface area contributed by atoms with Gasteiger partial charge in [-0.15, -0.1) is 0 Å². The van der Waals surface area contributed by atoms with E-state index in [9.17, 15) is 18.0 Å². The van der Waals surface area contributed by atoms with Crippen molar-refractivity contribution in [2.24, 2.45) is 10.8 Å². The zero-order valence-electron chi connectivity index (χ0n) is 26.4. The molecule has 0 saturated carbocycles.